The third-order valence-corrected chi connectivity index (χ3v) is 5.67. The van der Waals surface area contributed by atoms with E-state index in [9.17, 15) is 4.79 Å². The van der Waals surface area contributed by atoms with Crippen LogP contribution in [0.4, 0.5) is 17.1 Å². The van der Waals surface area contributed by atoms with E-state index in [4.69, 9.17) is 26.4 Å². The second-order valence-corrected chi connectivity index (χ2v) is 8.17. The molecule has 1 heterocycles. The van der Waals surface area contributed by atoms with Gasteiger partial charge in [0.25, 0.3) is 0 Å². The Balaban J connectivity index is 1.30. The number of methoxy groups -OCH3 is 1. The van der Waals surface area contributed by atoms with E-state index in [1.54, 1.807) is 25.3 Å². The second-order valence-electron chi connectivity index (χ2n) is 6.71. The number of thiocarbonyl (C=S) groups is 1. The van der Waals surface area contributed by atoms with Gasteiger partial charge >= 0.3 is 0 Å². The Morgan fingerprint density at radius 2 is 1.78 bits per heavy atom. The molecule has 0 bridgehead atoms. The fraction of sp³-hybridized carbons (Fsp3) is 0.130. The number of thioether (sulfide) groups is 1. The van der Waals surface area contributed by atoms with Gasteiger partial charge in [-0.15, -0.1) is 11.8 Å². The third-order valence-electron chi connectivity index (χ3n) is 4.47. The molecule has 0 aliphatic carbocycles. The summed E-state index contributed by atoms with van der Waals surface area (Å²) in [6, 6.07) is 20.6. The number of fused-ring (bicyclic) bond motifs is 1. The molecule has 0 atom stereocenters. The van der Waals surface area contributed by atoms with E-state index in [0.717, 1.165) is 16.3 Å². The predicted octanol–water partition coefficient (Wildman–Crippen LogP) is 4.96. The summed E-state index contributed by atoms with van der Waals surface area (Å²) in [5, 5.41) is 9.60. The quantitative estimate of drug-likeness (QED) is 0.332. The molecule has 3 N–H and O–H groups in total. The number of rotatable bonds is 7. The van der Waals surface area contributed by atoms with E-state index in [1.807, 2.05) is 48.5 Å². The monoisotopic (exact) mass is 467 g/mol. The van der Waals surface area contributed by atoms with Gasteiger partial charge in [0, 0.05) is 22.3 Å². The summed E-state index contributed by atoms with van der Waals surface area (Å²) >= 11 is 6.85. The first-order chi connectivity index (χ1) is 15.6. The van der Waals surface area contributed by atoms with Crippen LogP contribution in [0.1, 0.15) is 0 Å². The van der Waals surface area contributed by atoms with Crippen molar-refractivity contribution in [1.82, 2.24) is 0 Å². The minimum atomic E-state index is -0.111. The first-order valence-corrected chi connectivity index (χ1v) is 11.1. The van der Waals surface area contributed by atoms with Gasteiger partial charge in [0.05, 0.1) is 18.6 Å². The number of nitrogens with one attached hydrogen (secondary N) is 3. The van der Waals surface area contributed by atoms with Gasteiger partial charge < -0.3 is 30.2 Å². The van der Waals surface area contributed by atoms with Crippen molar-refractivity contribution in [1.29, 1.82) is 0 Å². The highest BCUT2D eigenvalue weighted by molar-refractivity contribution is 8.00. The van der Waals surface area contributed by atoms with Crippen molar-refractivity contribution in [2.45, 2.75) is 4.90 Å². The number of hydrogen-bond acceptors (Lipinski definition) is 6. The van der Waals surface area contributed by atoms with Crippen molar-refractivity contribution in [2.24, 2.45) is 0 Å². The second kappa shape index (κ2) is 10.3. The molecule has 32 heavy (non-hydrogen) atoms. The summed E-state index contributed by atoms with van der Waals surface area (Å²) in [5.74, 6) is 2.17. The molecule has 3 aromatic rings. The van der Waals surface area contributed by atoms with Gasteiger partial charge in [0.15, 0.2) is 16.6 Å². The van der Waals surface area contributed by atoms with Crippen LogP contribution in [0.5, 0.6) is 17.2 Å². The molecule has 0 spiro atoms. The highest BCUT2D eigenvalue weighted by atomic mass is 32.2. The maximum Gasteiger partial charge on any atom is 0.234 e. The molecule has 0 radical (unpaired) electrons. The molecule has 164 valence electrons. The number of carbonyl (C=O) groups excluding carboxylic acids is 1. The maximum absolute atomic E-state index is 12.3. The Hall–Kier alpha value is -3.43. The maximum atomic E-state index is 12.3. The first-order valence-electron chi connectivity index (χ1n) is 9.74. The van der Waals surface area contributed by atoms with Crippen LogP contribution in [0.25, 0.3) is 0 Å². The lowest BCUT2D eigenvalue weighted by Gasteiger charge is -2.13. The fourth-order valence-electron chi connectivity index (χ4n) is 3.02. The van der Waals surface area contributed by atoms with Gasteiger partial charge in [-0.1, -0.05) is 18.2 Å². The molecule has 9 heteroatoms. The van der Waals surface area contributed by atoms with E-state index in [2.05, 4.69) is 16.0 Å². The molecule has 0 unspecified atom stereocenters. The fourth-order valence-corrected chi connectivity index (χ4v) is 4.00. The van der Waals surface area contributed by atoms with E-state index >= 15 is 0 Å². The lowest BCUT2D eigenvalue weighted by Crippen LogP contribution is -2.19. The summed E-state index contributed by atoms with van der Waals surface area (Å²) in [5.41, 5.74) is 2.26. The largest absolute Gasteiger partial charge is 0.495 e. The molecular formula is C23H21N3O4S2. The Kier molecular flexibility index (Phi) is 6.98. The SMILES string of the molecule is COc1ccccc1NC(=S)Nc1cccc(SCC(=O)Nc2ccc3c(c2)OCO3)c1. The molecule has 0 saturated heterocycles. The number of hydrogen-bond donors (Lipinski definition) is 3. The van der Waals surface area contributed by atoms with Gasteiger partial charge in [0.1, 0.15) is 5.75 Å². The van der Waals surface area contributed by atoms with E-state index in [-0.39, 0.29) is 18.5 Å². The van der Waals surface area contributed by atoms with Crippen LogP contribution in [0.2, 0.25) is 0 Å². The van der Waals surface area contributed by atoms with Crippen molar-refractivity contribution in [3.05, 3.63) is 66.7 Å². The predicted molar refractivity (Wildman–Crippen MR) is 131 cm³/mol. The molecule has 1 aliphatic rings. The van der Waals surface area contributed by atoms with Gasteiger partial charge in [-0.3, -0.25) is 4.79 Å². The molecule has 3 aromatic carbocycles. The zero-order chi connectivity index (χ0) is 22.3. The van der Waals surface area contributed by atoms with Gasteiger partial charge in [-0.25, -0.2) is 0 Å². The highest BCUT2D eigenvalue weighted by Crippen LogP contribution is 2.34. The minimum Gasteiger partial charge on any atom is -0.495 e. The van der Waals surface area contributed by atoms with Crippen LogP contribution in [-0.2, 0) is 4.79 Å². The standard InChI is InChI=1S/C23H21N3O4S2/c1-28-19-8-3-2-7-18(19)26-23(31)25-15-5-4-6-17(11-15)32-13-22(27)24-16-9-10-20-21(12-16)30-14-29-20/h2-12H,13-14H2,1H3,(H,24,27)(H2,25,26,31). The Morgan fingerprint density at radius 1 is 0.969 bits per heavy atom. The molecule has 1 aliphatic heterocycles. The zero-order valence-electron chi connectivity index (χ0n) is 17.2. The number of para-hydroxylation sites is 2. The topological polar surface area (TPSA) is 80.9 Å². The van der Waals surface area contributed by atoms with E-state index < -0.39 is 0 Å². The lowest BCUT2D eigenvalue weighted by atomic mass is 10.3. The van der Waals surface area contributed by atoms with Crippen LogP contribution in [-0.4, -0.2) is 30.7 Å². The molecule has 0 aromatic heterocycles. The van der Waals surface area contributed by atoms with Crippen LogP contribution in [0.15, 0.2) is 71.6 Å². The van der Waals surface area contributed by atoms with Gasteiger partial charge in [-0.2, -0.15) is 0 Å². The summed E-state index contributed by atoms with van der Waals surface area (Å²) < 4.78 is 15.9. The van der Waals surface area contributed by atoms with Crippen molar-refractivity contribution in [3.8, 4) is 17.2 Å². The average molecular weight is 468 g/mol. The van der Waals surface area contributed by atoms with Gasteiger partial charge in [0.2, 0.25) is 12.7 Å². The summed E-state index contributed by atoms with van der Waals surface area (Å²) in [6.45, 7) is 0.199. The third kappa shape index (κ3) is 5.63. The smallest absolute Gasteiger partial charge is 0.234 e. The normalized spacial score (nSPS) is 11.5. The summed E-state index contributed by atoms with van der Waals surface area (Å²) in [6.07, 6.45) is 0. The van der Waals surface area contributed by atoms with Crippen LogP contribution in [0, 0.1) is 0 Å². The Labute approximate surface area is 195 Å². The summed E-state index contributed by atoms with van der Waals surface area (Å²) in [7, 11) is 1.61. The Morgan fingerprint density at radius 3 is 2.66 bits per heavy atom. The first kappa shape index (κ1) is 21.8. The van der Waals surface area contributed by atoms with Crippen LogP contribution in [0.3, 0.4) is 0 Å². The van der Waals surface area contributed by atoms with Crippen molar-refractivity contribution >= 4 is 52.1 Å². The molecule has 7 nitrogen and oxygen atoms in total. The number of carbonyl (C=O) groups is 1. The van der Waals surface area contributed by atoms with E-state index in [0.29, 0.717) is 28.0 Å². The number of anilines is 3. The molecular weight excluding hydrogens is 446 g/mol. The number of benzene rings is 3. The minimum absolute atomic E-state index is 0.111. The molecule has 0 fully saturated rings. The molecule has 0 saturated carbocycles. The van der Waals surface area contributed by atoms with Crippen molar-refractivity contribution < 1.29 is 19.0 Å². The highest BCUT2D eigenvalue weighted by Gasteiger charge is 2.14. The molecule has 1 amide bonds. The number of amides is 1. The molecule has 4 rings (SSSR count). The van der Waals surface area contributed by atoms with Crippen molar-refractivity contribution in [3.63, 3.8) is 0 Å². The van der Waals surface area contributed by atoms with Gasteiger partial charge in [-0.05, 0) is 54.7 Å². The van der Waals surface area contributed by atoms with Crippen molar-refractivity contribution in [2.75, 3.05) is 35.6 Å². The number of ether oxygens (including phenoxy) is 3. The lowest BCUT2D eigenvalue weighted by molar-refractivity contribution is -0.113. The van der Waals surface area contributed by atoms with E-state index in [1.165, 1.54) is 11.8 Å². The van der Waals surface area contributed by atoms with Crippen LogP contribution >= 0.6 is 24.0 Å². The Bertz CT molecular complexity index is 1140. The summed E-state index contributed by atoms with van der Waals surface area (Å²) in [4.78, 5) is 13.3. The average Bonchev–Trinajstić information content (AvgIpc) is 3.26. The zero-order valence-corrected chi connectivity index (χ0v) is 18.8. The van der Waals surface area contributed by atoms with Crippen LogP contribution < -0.4 is 30.2 Å².